The Morgan fingerprint density at radius 3 is 2.88 bits per heavy atom. The third-order valence-corrected chi connectivity index (χ3v) is 1.99. The monoisotopic (exact) mass is 222 g/mol. The van der Waals surface area contributed by atoms with Crippen molar-refractivity contribution >= 4 is 5.97 Å². The van der Waals surface area contributed by atoms with Crippen LogP contribution in [0.15, 0.2) is 30.9 Å². The lowest BCUT2D eigenvalue weighted by molar-refractivity contribution is 0.0596. The van der Waals surface area contributed by atoms with Gasteiger partial charge in [-0.15, -0.1) is 0 Å². The van der Waals surface area contributed by atoms with Crippen LogP contribution in [0.3, 0.4) is 0 Å². The molecule has 0 spiro atoms. The highest BCUT2D eigenvalue weighted by Gasteiger charge is 2.13. The normalized spacial score (nSPS) is 9.62. The van der Waals surface area contributed by atoms with Crippen molar-refractivity contribution in [1.29, 1.82) is 0 Å². The highest BCUT2D eigenvalue weighted by Crippen LogP contribution is 2.21. The maximum Gasteiger partial charge on any atom is 0.341 e. The Morgan fingerprint density at radius 1 is 1.56 bits per heavy atom. The fourth-order valence-electron chi connectivity index (χ4n) is 1.21. The molecule has 0 fully saturated rings. The van der Waals surface area contributed by atoms with E-state index in [1.807, 2.05) is 0 Å². The molecule has 4 nitrogen and oxygen atoms in total. The first kappa shape index (κ1) is 12.3. The van der Waals surface area contributed by atoms with E-state index in [-0.39, 0.29) is 6.61 Å². The molecule has 0 radical (unpaired) electrons. The van der Waals surface area contributed by atoms with Crippen LogP contribution in [-0.4, -0.2) is 24.8 Å². The van der Waals surface area contributed by atoms with Gasteiger partial charge in [-0.05, 0) is 17.7 Å². The molecule has 1 rings (SSSR count). The van der Waals surface area contributed by atoms with Crippen LogP contribution in [0.2, 0.25) is 0 Å². The first-order valence-corrected chi connectivity index (χ1v) is 4.78. The van der Waals surface area contributed by atoms with Gasteiger partial charge in [0.05, 0.1) is 13.7 Å². The maximum atomic E-state index is 11.4. The first-order chi connectivity index (χ1) is 7.72. The smallest absolute Gasteiger partial charge is 0.341 e. The van der Waals surface area contributed by atoms with E-state index in [4.69, 9.17) is 9.84 Å². The number of carbonyl (C=O) groups is 1. The van der Waals surface area contributed by atoms with Gasteiger partial charge >= 0.3 is 5.97 Å². The largest absolute Gasteiger partial charge is 0.489 e. The molecule has 0 aliphatic heterocycles. The lowest BCUT2D eigenvalue weighted by Gasteiger charge is -2.09. The van der Waals surface area contributed by atoms with E-state index in [1.54, 1.807) is 24.3 Å². The van der Waals surface area contributed by atoms with Gasteiger partial charge in [0.25, 0.3) is 0 Å². The molecule has 1 N–H and O–H groups in total. The number of benzene rings is 1. The zero-order valence-electron chi connectivity index (χ0n) is 9.10. The molecule has 0 heterocycles. The molecule has 0 aliphatic carbocycles. The van der Waals surface area contributed by atoms with Crippen LogP contribution in [0.25, 0.3) is 0 Å². The van der Waals surface area contributed by atoms with Crippen LogP contribution in [0.4, 0.5) is 0 Å². The Labute approximate surface area is 94.1 Å². The minimum atomic E-state index is -0.469. The lowest BCUT2D eigenvalue weighted by Crippen LogP contribution is -2.06. The third kappa shape index (κ3) is 2.84. The molecular weight excluding hydrogens is 208 g/mol. The molecule has 16 heavy (non-hydrogen) atoms. The molecule has 86 valence electrons. The molecule has 0 amide bonds. The maximum absolute atomic E-state index is 11.4. The van der Waals surface area contributed by atoms with Gasteiger partial charge in [-0.3, -0.25) is 0 Å². The summed E-state index contributed by atoms with van der Waals surface area (Å²) in [7, 11) is 1.31. The summed E-state index contributed by atoms with van der Waals surface area (Å²) >= 11 is 0. The summed E-state index contributed by atoms with van der Waals surface area (Å²) < 4.78 is 9.94. The number of ether oxygens (including phenoxy) is 2. The molecule has 1 aromatic rings. The average Bonchev–Trinajstić information content (AvgIpc) is 2.34. The van der Waals surface area contributed by atoms with Crippen molar-refractivity contribution in [3.63, 3.8) is 0 Å². The van der Waals surface area contributed by atoms with Crippen LogP contribution in [0.5, 0.6) is 5.75 Å². The van der Waals surface area contributed by atoms with E-state index in [1.165, 1.54) is 7.11 Å². The van der Waals surface area contributed by atoms with Gasteiger partial charge < -0.3 is 14.6 Å². The fraction of sp³-hybridized carbons (Fsp3) is 0.250. The van der Waals surface area contributed by atoms with Crippen molar-refractivity contribution in [3.8, 4) is 5.75 Å². The van der Waals surface area contributed by atoms with Gasteiger partial charge in [0, 0.05) is 0 Å². The van der Waals surface area contributed by atoms with Gasteiger partial charge in [-0.2, -0.15) is 0 Å². The van der Waals surface area contributed by atoms with Crippen molar-refractivity contribution in [2.45, 2.75) is 6.61 Å². The van der Waals surface area contributed by atoms with Crippen molar-refractivity contribution < 1.29 is 19.4 Å². The third-order valence-electron chi connectivity index (χ3n) is 1.99. The van der Waals surface area contributed by atoms with Crippen LogP contribution in [0, 0.1) is 0 Å². The molecule has 0 aromatic heterocycles. The highest BCUT2D eigenvalue weighted by atomic mass is 16.5. The van der Waals surface area contributed by atoms with Crippen molar-refractivity contribution in [2.24, 2.45) is 0 Å². The summed E-state index contributed by atoms with van der Waals surface area (Å²) in [4.78, 5) is 11.4. The summed E-state index contributed by atoms with van der Waals surface area (Å²) in [5.41, 5.74) is 1.01. The zero-order chi connectivity index (χ0) is 12.0. The number of hydrogen-bond donors (Lipinski definition) is 1. The summed E-state index contributed by atoms with van der Waals surface area (Å²) in [6.07, 6.45) is 1.58. The Bertz CT molecular complexity index is 385. The summed E-state index contributed by atoms with van der Waals surface area (Å²) in [6.45, 7) is 3.71. The van der Waals surface area contributed by atoms with Gasteiger partial charge in [0.1, 0.15) is 17.9 Å². The molecule has 0 bridgehead atoms. The number of carbonyl (C=O) groups excluding carboxylic acids is 1. The molecule has 1 aromatic carbocycles. The number of hydrogen-bond acceptors (Lipinski definition) is 4. The minimum Gasteiger partial charge on any atom is -0.489 e. The van der Waals surface area contributed by atoms with E-state index in [0.29, 0.717) is 23.5 Å². The Balaban J connectivity index is 3.05. The van der Waals surface area contributed by atoms with Crippen molar-refractivity contribution in [3.05, 3.63) is 42.0 Å². The van der Waals surface area contributed by atoms with Gasteiger partial charge in [0.15, 0.2) is 0 Å². The second kappa shape index (κ2) is 5.92. The lowest BCUT2D eigenvalue weighted by atomic mass is 10.1. The average molecular weight is 222 g/mol. The SMILES string of the molecule is C=CCOc1cc(CO)ccc1C(=O)OC. The summed E-state index contributed by atoms with van der Waals surface area (Å²) in [5, 5.41) is 8.98. The second-order valence-corrected chi connectivity index (χ2v) is 3.08. The minimum absolute atomic E-state index is 0.105. The number of methoxy groups -OCH3 is 1. The van der Waals surface area contributed by atoms with Gasteiger partial charge in [-0.25, -0.2) is 4.79 Å². The predicted octanol–water partition coefficient (Wildman–Crippen LogP) is 1.53. The van der Waals surface area contributed by atoms with Crippen LogP contribution in [0.1, 0.15) is 15.9 Å². The van der Waals surface area contributed by atoms with Crippen LogP contribution in [-0.2, 0) is 11.3 Å². The molecule has 0 atom stereocenters. The fourth-order valence-corrected chi connectivity index (χ4v) is 1.21. The van der Waals surface area contributed by atoms with Gasteiger partial charge in [-0.1, -0.05) is 18.7 Å². The molecule has 0 aliphatic rings. The van der Waals surface area contributed by atoms with Crippen molar-refractivity contribution in [2.75, 3.05) is 13.7 Å². The Morgan fingerprint density at radius 2 is 2.31 bits per heavy atom. The van der Waals surface area contributed by atoms with E-state index >= 15 is 0 Å². The first-order valence-electron chi connectivity index (χ1n) is 4.78. The van der Waals surface area contributed by atoms with E-state index in [2.05, 4.69) is 11.3 Å². The molecule has 0 unspecified atom stereocenters. The Hall–Kier alpha value is -1.81. The zero-order valence-corrected chi connectivity index (χ0v) is 9.10. The number of esters is 1. The highest BCUT2D eigenvalue weighted by molar-refractivity contribution is 5.92. The number of rotatable bonds is 5. The number of aliphatic hydroxyl groups excluding tert-OH is 1. The topological polar surface area (TPSA) is 55.8 Å². The van der Waals surface area contributed by atoms with Crippen LogP contribution < -0.4 is 4.74 Å². The van der Waals surface area contributed by atoms with E-state index in [9.17, 15) is 4.79 Å². The van der Waals surface area contributed by atoms with Crippen LogP contribution >= 0.6 is 0 Å². The van der Waals surface area contributed by atoms with Gasteiger partial charge in [0.2, 0.25) is 0 Å². The predicted molar refractivity (Wildman–Crippen MR) is 59.4 cm³/mol. The summed E-state index contributed by atoms with van der Waals surface area (Å²) in [6, 6.07) is 4.82. The molecule has 4 heteroatoms. The molecule has 0 saturated heterocycles. The summed E-state index contributed by atoms with van der Waals surface area (Å²) in [5.74, 6) is -0.0816. The standard InChI is InChI=1S/C12H14O4/c1-3-6-16-11-7-9(8-13)4-5-10(11)12(14)15-2/h3-5,7,13H,1,6,8H2,2H3. The Kier molecular flexibility index (Phi) is 4.54. The second-order valence-electron chi connectivity index (χ2n) is 3.08. The van der Waals surface area contributed by atoms with E-state index < -0.39 is 5.97 Å². The number of aliphatic hydroxyl groups is 1. The quantitative estimate of drug-likeness (QED) is 0.606. The van der Waals surface area contributed by atoms with E-state index in [0.717, 1.165) is 0 Å². The molecule has 0 saturated carbocycles. The van der Waals surface area contributed by atoms with Crippen molar-refractivity contribution in [1.82, 2.24) is 0 Å². The molecular formula is C12H14O4.